The Kier molecular flexibility index (Phi) is 6.24. The maximum absolute atomic E-state index is 12.4. The van der Waals surface area contributed by atoms with E-state index in [1.54, 1.807) is 0 Å². The third-order valence-corrected chi connectivity index (χ3v) is 5.28. The third kappa shape index (κ3) is 4.60. The number of methoxy groups -OCH3 is 1. The first-order valence-electron chi connectivity index (χ1n) is 9.20. The Morgan fingerprint density at radius 2 is 1.88 bits per heavy atom. The summed E-state index contributed by atoms with van der Waals surface area (Å²) < 4.78 is 4.69. The van der Waals surface area contributed by atoms with Crippen molar-refractivity contribution in [3.05, 3.63) is 35.9 Å². The average molecular weight is 360 g/mol. The van der Waals surface area contributed by atoms with E-state index in [-0.39, 0.29) is 30.6 Å². The first-order valence-corrected chi connectivity index (χ1v) is 9.20. The molecule has 1 aromatic carbocycles. The minimum absolute atomic E-state index is 0.0739. The van der Waals surface area contributed by atoms with E-state index in [2.05, 4.69) is 44.7 Å². The lowest BCUT2D eigenvalue weighted by atomic mass is 9.94. The highest BCUT2D eigenvalue weighted by Gasteiger charge is 2.37. The largest absolute Gasteiger partial charge is 0.469 e. The van der Waals surface area contributed by atoms with Gasteiger partial charge in [0.2, 0.25) is 5.91 Å². The van der Waals surface area contributed by atoms with E-state index in [4.69, 9.17) is 4.74 Å². The molecule has 0 spiro atoms. The minimum Gasteiger partial charge on any atom is -0.469 e. The van der Waals surface area contributed by atoms with Crippen LogP contribution in [0.25, 0.3) is 0 Å². The number of carbonyl (C=O) groups is 2. The SMILES string of the molecule is COC(=O)CC1C(=O)NC(N2CCN(Cc3ccccc3)CC2)NC1C. The van der Waals surface area contributed by atoms with E-state index < -0.39 is 5.92 Å². The predicted octanol–water partition coefficient (Wildman–Crippen LogP) is 0.375. The van der Waals surface area contributed by atoms with Gasteiger partial charge in [-0.1, -0.05) is 30.3 Å². The summed E-state index contributed by atoms with van der Waals surface area (Å²) in [7, 11) is 1.35. The molecule has 142 valence electrons. The number of ether oxygens (including phenoxy) is 1. The molecule has 0 bridgehead atoms. The number of nitrogens with zero attached hydrogens (tertiary/aromatic N) is 2. The summed E-state index contributed by atoms with van der Waals surface area (Å²) in [5.41, 5.74) is 1.32. The predicted molar refractivity (Wildman–Crippen MR) is 97.9 cm³/mol. The third-order valence-electron chi connectivity index (χ3n) is 5.28. The van der Waals surface area contributed by atoms with Gasteiger partial charge in [0, 0.05) is 38.8 Å². The van der Waals surface area contributed by atoms with Gasteiger partial charge in [-0.2, -0.15) is 0 Å². The summed E-state index contributed by atoms with van der Waals surface area (Å²) in [5, 5.41) is 6.44. The molecule has 3 rings (SSSR count). The van der Waals surface area contributed by atoms with Crippen LogP contribution in [0.1, 0.15) is 18.9 Å². The van der Waals surface area contributed by atoms with Crippen molar-refractivity contribution >= 4 is 11.9 Å². The van der Waals surface area contributed by atoms with Gasteiger partial charge in [0.1, 0.15) is 6.29 Å². The first kappa shape index (κ1) is 18.8. The van der Waals surface area contributed by atoms with Crippen molar-refractivity contribution in [2.75, 3.05) is 33.3 Å². The van der Waals surface area contributed by atoms with Crippen molar-refractivity contribution in [1.82, 2.24) is 20.4 Å². The van der Waals surface area contributed by atoms with Crippen LogP contribution in [0, 0.1) is 5.92 Å². The molecule has 1 aromatic rings. The molecule has 0 aliphatic carbocycles. The summed E-state index contributed by atoms with van der Waals surface area (Å²) >= 11 is 0. The highest BCUT2D eigenvalue weighted by molar-refractivity contribution is 5.85. The summed E-state index contributed by atoms with van der Waals surface area (Å²) in [5.74, 6) is -0.830. The van der Waals surface area contributed by atoms with E-state index in [1.165, 1.54) is 12.7 Å². The van der Waals surface area contributed by atoms with Gasteiger partial charge in [-0.3, -0.25) is 24.7 Å². The van der Waals surface area contributed by atoms with Crippen molar-refractivity contribution in [2.24, 2.45) is 5.92 Å². The molecule has 3 unspecified atom stereocenters. The molecule has 7 nitrogen and oxygen atoms in total. The van der Waals surface area contributed by atoms with E-state index in [9.17, 15) is 9.59 Å². The number of piperazine rings is 1. The molecule has 0 aromatic heterocycles. The highest BCUT2D eigenvalue weighted by Crippen LogP contribution is 2.17. The van der Waals surface area contributed by atoms with Crippen LogP contribution in [0.3, 0.4) is 0 Å². The monoisotopic (exact) mass is 360 g/mol. The van der Waals surface area contributed by atoms with Crippen molar-refractivity contribution in [3.8, 4) is 0 Å². The Morgan fingerprint density at radius 3 is 2.50 bits per heavy atom. The molecule has 0 saturated carbocycles. The minimum atomic E-state index is -0.391. The maximum atomic E-state index is 12.4. The normalized spacial score (nSPS) is 27.8. The lowest BCUT2D eigenvalue weighted by Gasteiger charge is -2.44. The fourth-order valence-electron chi connectivity index (χ4n) is 3.63. The number of esters is 1. The summed E-state index contributed by atoms with van der Waals surface area (Å²) in [6.07, 6.45) is -0.0704. The zero-order valence-electron chi connectivity index (χ0n) is 15.5. The molecule has 2 fully saturated rings. The fourth-order valence-corrected chi connectivity index (χ4v) is 3.63. The Hall–Kier alpha value is -1.96. The first-order chi connectivity index (χ1) is 12.6. The van der Waals surface area contributed by atoms with Gasteiger partial charge in [0.05, 0.1) is 19.4 Å². The van der Waals surface area contributed by atoms with Gasteiger partial charge in [0.15, 0.2) is 0 Å². The average Bonchev–Trinajstić information content (AvgIpc) is 2.65. The van der Waals surface area contributed by atoms with Crippen molar-refractivity contribution in [3.63, 3.8) is 0 Å². The van der Waals surface area contributed by atoms with Gasteiger partial charge in [-0.05, 0) is 12.5 Å². The highest BCUT2D eigenvalue weighted by atomic mass is 16.5. The number of carbonyl (C=O) groups excluding carboxylic acids is 2. The van der Waals surface area contributed by atoms with E-state index in [0.717, 1.165) is 32.7 Å². The topological polar surface area (TPSA) is 73.9 Å². The Labute approximate surface area is 154 Å². The van der Waals surface area contributed by atoms with Gasteiger partial charge < -0.3 is 10.1 Å². The van der Waals surface area contributed by atoms with E-state index >= 15 is 0 Å². The zero-order valence-corrected chi connectivity index (χ0v) is 15.5. The van der Waals surface area contributed by atoms with Gasteiger partial charge >= 0.3 is 5.97 Å². The van der Waals surface area contributed by atoms with E-state index in [1.807, 2.05) is 13.0 Å². The van der Waals surface area contributed by atoms with Crippen molar-refractivity contribution in [2.45, 2.75) is 32.2 Å². The summed E-state index contributed by atoms with van der Waals surface area (Å²) in [6.45, 7) is 6.60. The maximum Gasteiger partial charge on any atom is 0.306 e. The fraction of sp³-hybridized carbons (Fsp3) is 0.579. The van der Waals surface area contributed by atoms with Crippen LogP contribution in [-0.2, 0) is 20.9 Å². The quantitative estimate of drug-likeness (QED) is 0.740. The number of hydrogen-bond acceptors (Lipinski definition) is 6. The van der Waals surface area contributed by atoms with E-state index in [0.29, 0.717) is 0 Å². The van der Waals surface area contributed by atoms with Gasteiger partial charge in [-0.15, -0.1) is 0 Å². The van der Waals surface area contributed by atoms with Crippen LogP contribution in [0.5, 0.6) is 0 Å². The van der Waals surface area contributed by atoms with Crippen LogP contribution >= 0.6 is 0 Å². The summed E-state index contributed by atoms with van der Waals surface area (Å²) in [6, 6.07) is 10.4. The second-order valence-corrected chi connectivity index (χ2v) is 7.05. The molecule has 0 radical (unpaired) electrons. The lowest BCUT2D eigenvalue weighted by molar-refractivity contribution is -0.147. The van der Waals surface area contributed by atoms with Crippen molar-refractivity contribution < 1.29 is 14.3 Å². The van der Waals surface area contributed by atoms with Crippen LogP contribution in [0.15, 0.2) is 30.3 Å². The number of amides is 1. The molecule has 2 heterocycles. The van der Waals surface area contributed by atoms with Crippen LogP contribution in [0.4, 0.5) is 0 Å². The smallest absolute Gasteiger partial charge is 0.306 e. The van der Waals surface area contributed by atoms with Crippen LogP contribution in [-0.4, -0.2) is 67.3 Å². The molecule has 2 N–H and O–H groups in total. The molecule has 7 heteroatoms. The second-order valence-electron chi connectivity index (χ2n) is 7.05. The molecular weight excluding hydrogens is 332 g/mol. The lowest BCUT2D eigenvalue weighted by Crippen LogP contribution is -2.68. The zero-order chi connectivity index (χ0) is 18.5. The Balaban J connectivity index is 1.49. The number of nitrogens with one attached hydrogen (secondary N) is 2. The van der Waals surface area contributed by atoms with Gasteiger partial charge in [0.25, 0.3) is 0 Å². The van der Waals surface area contributed by atoms with Crippen LogP contribution in [0.2, 0.25) is 0 Å². The Bertz CT molecular complexity index is 616. The molecule has 26 heavy (non-hydrogen) atoms. The Morgan fingerprint density at radius 1 is 1.19 bits per heavy atom. The summed E-state index contributed by atoms with van der Waals surface area (Å²) in [4.78, 5) is 28.6. The van der Waals surface area contributed by atoms with Gasteiger partial charge in [-0.25, -0.2) is 0 Å². The number of benzene rings is 1. The molecule has 2 saturated heterocycles. The number of hydrogen-bond donors (Lipinski definition) is 2. The number of rotatable bonds is 5. The molecule has 2 aliphatic heterocycles. The molecule has 1 amide bonds. The molecule has 3 atom stereocenters. The molecule has 2 aliphatic rings. The van der Waals surface area contributed by atoms with Crippen molar-refractivity contribution in [1.29, 1.82) is 0 Å². The second kappa shape index (κ2) is 8.62. The van der Waals surface area contributed by atoms with Crippen LogP contribution < -0.4 is 10.6 Å². The molecular formula is C19H28N4O3. The standard InChI is InChI=1S/C19H28N4O3/c1-14-16(12-17(24)26-2)18(25)21-19(20-14)23-10-8-22(9-11-23)13-15-6-4-3-5-7-15/h3-7,14,16,19-20H,8-13H2,1-2H3,(H,21,25).